The van der Waals surface area contributed by atoms with Crippen LogP contribution in [0.15, 0.2) is 70.5 Å². The number of rotatable bonds is 8. The van der Waals surface area contributed by atoms with Crippen molar-refractivity contribution < 1.29 is 31.3 Å². The lowest BCUT2D eigenvalue weighted by atomic mass is 10.1. The summed E-state index contributed by atoms with van der Waals surface area (Å²) in [4.78, 5) is 26.5. The monoisotopic (exact) mass is 673 g/mol. The summed E-state index contributed by atoms with van der Waals surface area (Å²) in [5.74, 6) is -1.06. The van der Waals surface area contributed by atoms with Crippen LogP contribution in [-0.4, -0.2) is 31.1 Å². The van der Waals surface area contributed by atoms with E-state index >= 15 is 0 Å². The van der Waals surface area contributed by atoms with Crippen LogP contribution in [0.4, 0.5) is 9.18 Å². The highest BCUT2D eigenvalue weighted by molar-refractivity contribution is 14.1. The molecule has 0 N–H and O–H groups in total. The highest BCUT2D eigenvalue weighted by Crippen LogP contribution is 2.39. The molecule has 1 aliphatic heterocycles. The first-order chi connectivity index (χ1) is 17.6. The molecule has 0 radical (unpaired) electrons. The number of thioether (sulfide) groups is 1. The average molecular weight is 674 g/mol. The second kappa shape index (κ2) is 11.4. The van der Waals surface area contributed by atoms with Gasteiger partial charge in [0.2, 0.25) is 0 Å². The molecule has 192 valence electrons. The van der Waals surface area contributed by atoms with Crippen LogP contribution in [-0.2, 0) is 21.5 Å². The largest absolute Gasteiger partial charge is 0.490 e. The summed E-state index contributed by atoms with van der Waals surface area (Å²) in [6.07, 6.45) is 1.48. The fraction of sp³-hybridized carbons (Fsp3) is 0.120. The number of hydrogen-bond acceptors (Lipinski definition) is 7. The van der Waals surface area contributed by atoms with E-state index in [-0.39, 0.29) is 45.0 Å². The molecule has 2 amide bonds. The van der Waals surface area contributed by atoms with Gasteiger partial charge in [0.25, 0.3) is 11.1 Å². The zero-order chi connectivity index (χ0) is 26.7. The second-order valence-corrected chi connectivity index (χ2v) is 11.7. The minimum absolute atomic E-state index is 0.00533. The van der Waals surface area contributed by atoms with Crippen molar-refractivity contribution in [1.82, 2.24) is 4.90 Å². The molecular formula is C25H18ClFINO6S2. The molecule has 3 aromatic carbocycles. The Morgan fingerprint density at radius 1 is 1.11 bits per heavy atom. The van der Waals surface area contributed by atoms with Gasteiger partial charge in [-0.1, -0.05) is 35.9 Å². The Hall–Kier alpha value is -2.61. The molecule has 1 aliphatic rings. The Balaban J connectivity index is 1.64. The number of ether oxygens (including phenoxy) is 1. The van der Waals surface area contributed by atoms with E-state index in [4.69, 9.17) is 20.5 Å². The minimum atomic E-state index is -4.12. The third-order valence-electron chi connectivity index (χ3n) is 5.11. The van der Waals surface area contributed by atoms with Crippen molar-refractivity contribution in [3.8, 4) is 11.5 Å². The van der Waals surface area contributed by atoms with Crippen molar-refractivity contribution in [2.45, 2.75) is 18.4 Å². The van der Waals surface area contributed by atoms with Gasteiger partial charge in [0.15, 0.2) is 11.5 Å². The van der Waals surface area contributed by atoms with E-state index in [1.54, 1.807) is 31.2 Å². The van der Waals surface area contributed by atoms with E-state index in [1.165, 1.54) is 42.5 Å². The third kappa shape index (κ3) is 6.11. The Morgan fingerprint density at radius 3 is 2.51 bits per heavy atom. The van der Waals surface area contributed by atoms with Crippen LogP contribution in [0.2, 0.25) is 5.02 Å². The Labute approximate surface area is 235 Å². The van der Waals surface area contributed by atoms with Crippen LogP contribution in [0.5, 0.6) is 11.5 Å². The predicted octanol–water partition coefficient (Wildman–Crippen LogP) is 6.49. The average Bonchev–Trinajstić information content (AvgIpc) is 3.11. The van der Waals surface area contributed by atoms with Crippen molar-refractivity contribution >= 4 is 73.3 Å². The van der Waals surface area contributed by atoms with Gasteiger partial charge in [-0.05, 0) is 89.3 Å². The van der Waals surface area contributed by atoms with Crippen LogP contribution in [0.3, 0.4) is 0 Å². The predicted molar refractivity (Wildman–Crippen MR) is 148 cm³/mol. The van der Waals surface area contributed by atoms with Gasteiger partial charge in [-0.2, -0.15) is 8.42 Å². The number of imide groups is 1. The molecule has 0 aromatic heterocycles. The molecule has 7 nitrogen and oxygen atoms in total. The topological polar surface area (TPSA) is 90.0 Å². The van der Waals surface area contributed by atoms with Gasteiger partial charge in [0.05, 0.1) is 21.6 Å². The zero-order valence-corrected chi connectivity index (χ0v) is 23.7. The first-order valence-corrected chi connectivity index (χ1v) is 14.4. The number of nitrogens with zero attached hydrogens (tertiary/aromatic N) is 1. The summed E-state index contributed by atoms with van der Waals surface area (Å²) in [5, 5.41) is -0.454. The number of carbonyl (C=O) groups is 2. The summed E-state index contributed by atoms with van der Waals surface area (Å²) in [6, 6.07) is 14.9. The second-order valence-electron chi connectivity index (χ2n) is 7.58. The molecule has 3 aromatic rings. The third-order valence-corrected chi connectivity index (χ3v) is 8.40. The molecule has 0 bridgehead atoms. The van der Waals surface area contributed by atoms with Gasteiger partial charge in [-0.25, -0.2) is 4.39 Å². The smallest absolute Gasteiger partial charge is 0.339 e. The number of benzene rings is 3. The van der Waals surface area contributed by atoms with E-state index in [0.717, 1.165) is 4.90 Å². The molecule has 0 atom stereocenters. The van der Waals surface area contributed by atoms with Crippen LogP contribution < -0.4 is 8.92 Å². The number of halogens is 3. The lowest BCUT2D eigenvalue weighted by Gasteiger charge is -2.15. The molecule has 37 heavy (non-hydrogen) atoms. The molecular weight excluding hydrogens is 656 g/mol. The van der Waals surface area contributed by atoms with Gasteiger partial charge in [0, 0.05) is 10.6 Å². The maximum Gasteiger partial charge on any atom is 0.339 e. The molecule has 0 spiro atoms. The van der Waals surface area contributed by atoms with Crippen molar-refractivity contribution in [2.75, 3.05) is 6.61 Å². The highest BCUT2D eigenvalue weighted by Gasteiger charge is 2.36. The molecule has 4 rings (SSSR count). The molecule has 1 saturated heterocycles. The Kier molecular flexibility index (Phi) is 8.46. The number of carbonyl (C=O) groups excluding carboxylic acids is 2. The van der Waals surface area contributed by atoms with E-state index in [0.29, 0.717) is 20.9 Å². The van der Waals surface area contributed by atoms with E-state index in [2.05, 4.69) is 0 Å². The molecule has 1 heterocycles. The standard InChI is InChI=1S/C25H18ClFINO6S2/c1-2-34-21-12-15(11-20(28)23(21)35-37(32,33)16-7-4-3-5-8-16)13-22-24(30)29(25(31)36-22)14-17-18(26)9-6-10-19(17)27/h3-13H,2,14H2,1H3/b22-13-. The minimum Gasteiger partial charge on any atom is -0.490 e. The fourth-order valence-electron chi connectivity index (χ4n) is 3.39. The molecule has 0 unspecified atom stereocenters. The van der Waals surface area contributed by atoms with Crippen LogP contribution >= 0.6 is 46.0 Å². The van der Waals surface area contributed by atoms with Crippen molar-refractivity contribution in [3.63, 3.8) is 0 Å². The number of hydrogen-bond donors (Lipinski definition) is 0. The Bertz CT molecular complexity index is 1490. The van der Waals surface area contributed by atoms with E-state index < -0.39 is 27.1 Å². The maximum atomic E-state index is 14.2. The Morgan fingerprint density at radius 2 is 1.84 bits per heavy atom. The van der Waals surface area contributed by atoms with E-state index in [9.17, 15) is 22.4 Å². The lowest BCUT2D eigenvalue weighted by molar-refractivity contribution is -0.123. The molecule has 0 saturated carbocycles. The van der Waals surface area contributed by atoms with Crippen LogP contribution in [0, 0.1) is 9.39 Å². The first-order valence-electron chi connectivity index (χ1n) is 10.7. The number of amides is 2. The summed E-state index contributed by atoms with van der Waals surface area (Å²) in [5.41, 5.74) is 0.522. The van der Waals surface area contributed by atoms with Crippen molar-refractivity contribution in [1.29, 1.82) is 0 Å². The first kappa shape index (κ1) is 27.4. The summed E-state index contributed by atoms with van der Waals surface area (Å²) >= 11 is 8.67. The lowest BCUT2D eigenvalue weighted by Crippen LogP contribution is -2.28. The van der Waals surface area contributed by atoms with Gasteiger partial charge in [0.1, 0.15) is 10.7 Å². The normalized spacial score (nSPS) is 14.9. The summed E-state index contributed by atoms with van der Waals surface area (Å²) < 4.78 is 51.2. The quantitative estimate of drug-likeness (QED) is 0.154. The maximum absolute atomic E-state index is 14.2. The van der Waals surface area contributed by atoms with Gasteiger partial charge < -0.3 is 8.92 Å². The highest BCUT2D eigenvalue weighted by atomic mass is 127. The summed E-state index contributed by atoms with van der Waals surface area (Å²) in [6.45, 7) is 1.65. The van der Waals surface area contributed by atoms with Gasteiger partial charge >= 0.3 is 10.1 Å². The van der Waals surface area contributed by atoms with Crippen molar-refractivity contribution in [3.05, 3.63) is 91.1 Å². The van der Waals surface area contributed by atoms with Gasteiger partial charge in [-0.3, -0.25) is 14.5 Å². The van der Waals surface area contributed by atoms with Crippen LogP contribution in [0.1, 0.15) is 18.1 Å². The molecule has 12 heteroatoms. The van der Waals surface area contributed by atoms with Crippen molar-refractivity contribution in [2.24, 2.45) is 0 Å². The van der Waals surface area contributed by atoms with Crippen LogP contribution in [0.25, 0.3) is 6.08 Å². The molecule has 1 fully saturated rings. The molecule has 0 aliphatic carbocycles. The fourth-order valence-corrected chi connectivity index (χ4v) is 6.31. The van der Waals surface area contributed by atoms with E-state index in [1.807, 2.05) is 22.6 Å². The zero-order valence-electron chi connectivity index (χ0n) is 19.1. The van der Waals surface area contributed by atoms with Gasteiger partial charge in [-0.15, -0.1) is 0 Å². The summed E-state index contributed by atoms with van der Waals surface area (Å²) in [7, 11) is -4.12. The SMILES string of the molecule is CCOc1cc(/C=C2\SC(=O)N(Cc3c(F)cccc3Cl)C2=O)cc(I)c1OS(=O)(=O)c1ccccc1.